The van der Waals surface area contributed by atoms with Crippen LogP contribution < -0.4 is 4.90 Å². The second-order valence-corrected chi connectivity index (χ2v) is 6.41. The second kappa shape index (κ2) is 5.98. The predicted molar refractivity (Wildman–Crippen MR) is 91.0 cm³/mol. The summed E-state index contributed by atoms with van der Waals surface area (Å²) < 4.78 is 13.8. The van der Waals surface area contributed by atoms with E-state index in [-0.39, 0.29) is 11.7 Å². The molecule has 22 heavy (non-hydrogen) atoms. The average molecular weight is 330 g/mol. The number of carbonyl (C=O) groups is 1. The number of hydrogen-bond donors (Lipinski definition) is 0. The number of rotatable bonds is 2. The Balaban J connectivity index is 1.93. The monoisotopic (exact) mass is 330 g/mol. The van der Waals surface area contributed by atoms with Gasteiger partial charge in [-0.1, -0.05) is 30.0 Å². The zero-order chi connectivity index (χ0) is 15.7. The summed E-state index contributed by atoms with van der Waals surface area (Å²) in [6.07, 6.45) is 4.95. The smallest absolute Gasteiger partial charge is 0.268 e. The van der Waals surface area contributed by atoms with Gasteiger partial charge in [-0.3, -0.25) is 14.7 Å². The van der Waals surface area contributed by atoms with Crippen LogP contribution in [0.4, 0.5) is 10.1 Å². The summed E-state index contributed by atoms with van der Waals surface area (Å²) in [5, 5.41) is 0. The maximum Gasteiger partial charge on any atom is 0.270 e. The Morgan fingerprint density at radius 3 is 2.86 bits per heavy atom. The fourth-order valence-corrected chi connectivity index (χ4v) is 3.38. The van der Waals surface area contributed by atoms with Gasteiger partial charge in [-0.15, -0.1) is 0 Å². The highest BCUT2D eigenvalue weighted by atomic mass is 32.2. The van der Waals surface area contributed by atoms with Gasteiger partial charge in [-0.2, -0.15) is 0 Å². The second-order valence-electron chi connectivity index (χ2n) is 4.74. The van der Waals surface area contributed by atoms with Crippen molar-refractivity contribution in [3.8, 4) is 0 Å². The molecule has 2 aromatic rings. The van der Waals surface area contributed by atoms with Gasteiger partial charge >= 0.3 is 0 Å². The first-order valence-electron chi connectivity index (χ1n) is 6.50. The molecule has 0 unspecified atom stereocenters. The molecular weight excluding hydrogens is 319 g/mol. The van der Waals surface area contributed by atoms with Crippen molar-refractivity contribution in [3.63, 3.8) is 0 Å². The Bertz CT molecular complexity index is 790. The number of amides is 1. The van der Waals surface area contributed by atoms with Crippen LogP contribution in [0, 0.1) is 12.7 Å². The quantitative estimate of drug-likeness (QED) is 0.617. The van der Waals surface area contributed by atoms with Gasteiger partial charge in [0.25, 0.3) is 5.91 Å². The minimum Gasteiger partial charge on any atom is -0.268 e. The molecule has 1 aromatic heterocycles. The molecule has 1 aliphatic heterocycles. The minimum absolute atomic E-state index is 0.190. The van der Waals surface area contributed by atoms with Crippen LogP contribution in [0.25, 0.3) is 6.08 Å². The van der Waals surface area contributed by atoms with Crippen LogP contribution in [-0.2, 0) is 4.79 Å². The van der Waals surface area contributed by atoms with Crippen LogP contribution >= 0.6 is 24.0 Å². The fraction of sp³-hybridized carbons (Fsp3) is 0.0625. The number of carbonyl (C=O) groups excluding carboxylic acids is 1. The lowest BCUT2D eigenvalue weighted by Crippen LogP contribution is -2.27. The number of benzene rings is 1. The molecule has 1 aromatic carbocycles. The molecule has 110 valence electrons. The molecule has 0 atom stereocenters. The van der Waals surface area contributed by atoms with E-state index in [1.807, 2.05) is 0 Å². The molecule has 0 N–H and O–H groups in total. The van der Waals surface area contributed by atoms with E-state index < -0.39 is 0 Å². The molecule has 1 fully saturated rings. The Morgan fingerprint density at radius 2 is 2.18 bits per heavy atom. The van der Waals surface area contributed by atoms with Gasteiger partial charge in [0.2, 0.25) is 0 Å². The number of hydrogen-bond acceptors (Lipinski definition) is 4. The third kappa shape index (κ3) is 2.80. The third-order valence-electron chi connectivity index (χ3n) is 3.18. The van der Waals surface area contributed by atoms with Crippen LogP contribution in [0.2, 0.25) is 0 Å². The summed E-state index contributed by atoms with van der Waals surface area (Å²) >= 11 is 6.51. The largest absolute Gasteiger partial charge is 0.270 e. The number of anilines is 1. The summed E-state index contributed by atoms with van der Waals surface area (Å²) in [6.45, 7) is 1.69. The maximum atomic E-state index is 13.3. The first-order chi connectivity index (χ1) is 10.6. The Morgan fingerprint density at radius 1 is 1.36 bits per heavy atom. The Kier molecular flexibility index (Phi) is 4.04. The van der Waals surface area contributed by atoms with Gasteiger partial charge in [-0.25, -0.2) is 4.39 Å². The number of halogens is 1. The molecular formula is C16H11FN2OS2. The van der Waals surface area contributed by atoms with Gasteiger partial charge in [0, 0.05) is 6.20 Å². The van der Waals surface area contributed by atoms with Crippen molar-refractivity contribution < 1.29 is 9.18 Å². The number of nitrogens with zero attached hydrogens (tertiary/aromatic N) is 2. The summed E-state index contributed by atoms with van der Waals surface area (Å²) in [5.74, 6) is -0.454. The van der Waals surface area contributed by atoms with Crippen LogP contribution in [0.5, 0.6) is 0 Å². The van der Waals surface area contributed by atoms with E-state index in [4.69, 9.17) is 12.2 Å². The van der Waals surface area contributed by atoms with Gasteiger partial charge in [0.05, 0.1) is 16.8 Å². The predicted octanol–water partition coefficient (Wildman–Crippen LogP) is 3.93. The number of thiocarbonyl (C=S) groups is 1. The zero-order valence-corrected chi connectivity index (χ0v) is 13.2. The van der Waals surface area contributed by atoms with E-state index in [9.17, 15) is 9.18 Å². The first-order valence-corrected chi connectivity index (χ1v) is 7.73. The van der Waals surface area contributed by atoms with Crippen molar-refractivity contribution >= 4 is 46.0 Å². The molecule has 0 spiro atoms. The number of pyridine rings is 1. The topological polar surface area (TPSA) is 33.2 Å². The SMILES string of the molecule is Cc1cc(/C=C2\SC(=S)N(c3cccnc3)C2=O)ccc1F. The van der Waals surface area contributed by atoms with Crippen molar-refractivity contribution in [3.05, 3.63) is 64.6 Å². The van der Waals surface area contributed by atoms with E-state index in [0.29, 0.717) is 20.5 Å². The standard InChI is InChI=1S/C16H11FN2OS2/c1-10-7-11(4-5-13(10)17)8-14-15(20)19(16(21)22-14)12-3-2-6-18-9-12/h2-9H,1H3/b14-8-. The van der Waals surface area contributed by atoms with E-state index in [1.165, 1.54) is 22.7 Å². The normalized spacial score (nSPS) is 16.6. The third-order valence-corrected chi connectivity index (χ3v) is 4.48. The zero-order valence-electron chi connectivity index (χ0n) is 11.6. The molecule has 3 nitrogen and oxygen atoms in total. The molecule has 0 aliphatic carbocycles. The molecule has 3 rings (SSSR count). The number of aryl methyl sites for hydroxylation is 1. The van der Waals surface area contributed by atoms with Crippen molar-refractivity contribution in [2.24, 2.45) is 0 Å². The fourth-order valence-electron chi connectivity index (χ4n) is 2.09. The molecule has 2 heterocycles. The summed E-state index contributed by atoms with van der Waals surface area (Å²) in [4.78, 5) is 18.5. The number of thioether (sulfide) groups is 1. The molecule has 1 saturated heterocycles. The van der Waals surface area contributed by atoms with Gasteiger partial charge in [0.1, 0.15) is 5.82 Å². The van der Waals surface area contributed by atoms with Crippen molar-refractivity contribution in [2.45, 2.75) is 6.92 Å². The van der Waals surface area contributed by atoms with E-state index in [2.05, 4.69) is 4.98 Å². The van der Waals surface area contributed by atoms with Crippen molar-refractivity contribution in [2.75, 3.05) is 4.90 Å². The maximum absolute atomic E-state index is 13.3. The minimum atomic E-state index is -0.264. The molecule has 1 aliphatic rings. The average Bonchev–Trinajstić information content (AvgIpc) is 2.78. The van der Waals surface area contributed by atoms with E-state index >= 15 is 0 Å². The van der Waals surface area contributed by atoms with Gasteiger partial charge in [-0.05, 0) is 48.4 Å². The summed E-state index contributed by atoms with van der Waals surface area (Å²) in [7, 11) is 0. The summed E-state index contributed by atoms with van der Waals surface area (Å²) in [5.41, 5.74) is 1.95. The first kappa shape index (κ1) is 14.9. The number of aromatic nitrogens is 1. The van der Waals surface area contributed by atoms with Crippen LogP contribution in [-0.4, -0.2) is 15.2 Å². The van der Waals surface area contributed by atoms with Gasteiger partial charge < -0.3 is 0 Å². The molecule has 0 saturated carbocycles. The highest BCUT2D eigenvalue weighted by molar-refractivity contribution is 8.27. The molecule has 6 heteroatoms. The van der Waals surface area contributed by atoms with Crippen molar-refractivity contribution in [1.29, 1.82) is 0 Å². The van der Waals surface area contributed by atoms with Crippen LogP contribution in [0.1, 0.15) is 11.1 Å². The molecule has 0 bridgehead atoms. The lowest BCUT2D eigenvalue weighted by Gasteiger charge is -2.13. The van der Waals surface area contributed by atoms with Crippen molar-refractivity contribution in [1.82, 2.24) is 4.98 Å². The highest BCUT2D eigenvalue weighted by Gasteiger charge is 2.33. The van der Waals surface area contributed by atoms with E-state index in [0.717, 1.165) is 5.56 Å². The Labute approximate surface area is 136 Å². The molecule has 0 radical (unpaired) electrons. The van der Waals surface area contributed by atoms with E-state index in [1.54, 1.807) is 49.7 Å². The van der Waals surface area contributed by atoms with Gasteiger partial charge in [0.15, 0.2) is 4.32 Å². The Hall–Kier alpha value is -2.05. The van der Waals surface area contributed by atoms with Crippen LogP contribution in [0.15, 0.2) is 47.6 Å². The molecule has 1 amide bonds. The lowest BCUT2D eigenvalue weighted by atomic mass is 10.1. The highest BCUT2D eigenvalue weighted by Crippen LogP contribution is 2.35. The lowest BCUT2D eigenvalue weighted by molar-refractivity contribution is -0.113. The summed E-state index contributed by atoms with van der Waals surface area (Å²) in [6, 6.07) is 8.26. The van der Waals surface area contributed by atoms with Crippen LogP contribution in [0.3, 0.4) is 0 Å².